The van der Waals surface area contributed by atoms with Crippen molar-refractivity contribution in [3.63, 3.8) is 0 Å². The van der Waals surface area contributed by atoms with Gasteiger partial charge < -0.3 is 18.9 Å². The summed E-state index contributed by atoms with van der Waals surface area (Å²) in [5, 5.41) is 0. The van der Waals surface area contributed by atoms with Crippen LogP contribution in [0.4, 0.5) is 0 Å². The first-order valence-corrected chi connectivity index (χ1v) is 7.82. The van der Waals surface area contributed by atoms with E-state index in [2.05, 4.69) is 0 Å². The number of benzene rings is 2. The average Bonchev–Trinajstić information content (AvgIpc) is 3.14. The van der Waals surface area contributed by atoms with Gasteiger partial charge in [0, 0.05) is 0 Å². The molecule has 0 aromatic heterocycles. The second-order valence-electron chi connectivity index (χ2n) is 5.54. The summed E-state index contributed by atoms with van der Waals surface area (Å²) in [5.74, 6) is 0.261. The first kappa shape index (κ1) is 16.5. The lowest BCUT2D eigenvalue weighted by atomic mass is 10.0. The quantitative estimate of drug-likeness (QED) is 0.787. The molecule has 1 fully saturated rings. The van der Waals surface area contributed by atoms with Gasteiger partial charge >= 0.3 is 5.97 Å². The molecule has 0 amide bonds. The van der Waals surface area contributed by atoms with E-state index < -0.39 is 6.29 Å². The van der Waals surface area contributed by atoms with Crippen LogP contribution in [-0.2, 0) is 20.8 Å². The zero-order valence-electron chi connectivity index (χ0n) is 13.8. The number of aryl methyl sites for hydroxylation is 1. The predicted molar refractivity (Wildman–Crippen MR) is 87.9 cm³/mol. The summed E-state index contributed by atoms with van der Waals surface area (Å²) < 4.78 is 22.0. The van der Waals surface area contributed by atoms with Crippen LogP contribution in [0, 0.1) is 6.92 Å². The average molecular weight is 328 g/mol. The van der Waals surface area contributed by atoms with Crippen LogP contribution in [0.3, 0.4) is 0 Å². The van der Waals surface area contributed by atoms with E-state index in [1.54, 1.807) is 6.07 Å². The lowest BCUT2D eigenvalue weighted by molar-refractivity contribution is -0.0459. The zero-order valence-corrected chi connectivity index (χ0v) is 13.8. The van der Waals surface area contributed by atoms with Gasteiger partial charge in [0.2, 0.25) is 0 Å². The van der Waals surface area contributed by atoms with Crippen molar-refractivity contribution in [2.45, 2.75) is 19.8 Å². The Balaban J connectivity index is 1.91. The molecule has 0 atom stereocenters. The Bertz CT molecular complexity index is 705. The number of hydrogen-bond acceptors (Lipinski definition) is 5. The third kappa shape index (κ3) is 3.58. The minimum absolute atomic E-state index is 0.388. The molecule has 0 saturated carbocycles. The molecule has 1 aliphatic heterocycles. The lowest BCUT2D eigenvalue weighted by Crippen LogP contribution is -2.10. The molecule has 5 nitrogen and oxygen atoms in total. The molecule has 126 valence electrons. The normalized spacial score (nSPS) is 14.6. The van der Waals surface area contributed by atoms with Gasteiger partial charge in [-0.2, -0.15) is 0 Å². The summed E-state index contributed by atoms with van der Waals surface area (Å²) in [4.78, 5) is 11.9. The molecular weight excluding hydrogens is 308 g/mol. The van der Waals surface area contributed by atoms with Crippen molar-refractivity contribution in [1.29, 1.82) is 0 Å². The Kier molecular flexibility index (Phi) is 5.13. The minimum atomic E-state index is -0.528. The van der Waals surface area contributed by atoms with Crippen LogP contribution >= 0.6 is 0 Å². The van der Waals surface area contributed by atoms with Crippen molar-refractivity contribution >= 4 is 5.97 Å². The highest BCUT2D eigenvalue weighted by molar-refractivity contribution is 5.91. The monoisotopic (exact) mass is 328 g/mol. The van der Waals surface area contributed by atoms with E-state index in [1.165, 1.54) is 7.11 Å². The number of carbonyl (C=O) groups is 1. The molecule has 24 heavy (non-hydrogen) atoms. The van der Waals surface area contributed by atoms with Crippen LogP contribution < -0.4 is 4.74 Å². The third-order valence-corrected chi connectivity index (χ3v) is 3.87. The van der Waals surface area contributed by atoms with Crippen LogP contribution in [0.15, 0.2) is 42.5 Å². The van der Waals surface area contributed by atoms with E-state index in [0.717, 1.165) is 11.1 Å². The maximum Gasteiger partial charge on any atom is 0.338 e. The van der Waals surface area contributed by atoms with E-state index in [-0.39, 0.29) is 5.97 Å². The van der Waals surface area contributed by atoms with Crippen LogP contribution in [-0.4, -0.2) is 26.3 Å². The van der Waals surface area contributed by atoms with Crippen LogP contribution in [0.1, 0.15) is 33.3 Å². The molecule has 1 heterocycles. The molecule has 5 heteroatoms. The highest BCUT2D eigenvalue weighted by Crippen LogP contribution is 2.34. The molecule has 0 aliphatic carbocycles. The van der Waals surface area contributed by atoms with Gasteiger partial charge in [-0.3, -0.25) is 0 Å². The van der Waals surface area contributed by atoms with Crippen molar-refractivity contribution < 1.29 is 23.7 Å². The molecule has 3 rings (SSSR count). The van der Waals surface area contributed by atoms with Gasteiger partial charge in [0.25, 0.3) is 0 Å². The number of esters is 1. The van der Waals surface area contributed by atoms with E-state index in [4.69, 9.17) is 18.9 Å². The molecule has 1 saturated heterocycles. The Labute approximate surface area is 141 Å². The van der Waals surface area contributed by atoms with E-state index in [1.807, 2.05) is 43.3 Å². The summed E-state index contributed by atoms with van der Waals surface area (Å²) in [6.45, 7) is 3.31. The molecule has 2 aromatic rings. The van der Waals surface area contributed by atoms with Gasteiger partial charge in [-0.25, -0.2) is 4.79 Å². The first-order chi connectivity index (χ1) is 11.7. The molecule has 2 aromatic carbocycles. The smallest absolute Gasteiger partial charge is 0.338 e. The van der Waals surface area contributed by atoms with E-state index in [9.17, 15) is 4.79 Å². The number of hydrogen-bond donors (Lipinski definition) is 0. The molecule has 0 bridgehead atoms. The second-order valence-corrected chi connectivity index (χ2v) is 5.54. The summed E-state index contributed by atoms with van der Waals surface area (Å²) in [6, 6.07) is 13.5. The predicted octanol–water partition coefficient (Wildman–Crippen LogP) is 3.41. The Morgan fingerprint density at radius 2 is 1.88 bits per heavy atom. The van der Waals surface area contributed by atoms with Gasteiger partial charge in [-0.1, -0.05) is 30.3 Å². The highest BCUT2D eigenvalue weighted by atomic mass is 16.7. The SMILES string of the molecule is COC(=O)c1cc(C2OCCO2)c(OCc2ccccc2)cc1C. The van der Waals surface area contributed by atoms with Crippen LogP contribution in [0.25, 0.3) is 0 Å². The number of ether oxygens (including phenoxy) is 4. The Morgan fingerprint density at radius 3 is 2.54 bits per heavy atom. The van der Waals surface area contributed by atoms with Crippen molar-refractivity contribution in [1.82, 2.24) is 0 Å². The van der Waals surface area contributed by atoms with Crippen molar-refractivity contribution in [3.8, 4) is 5.75 Å². The van der Waals surface area contributed by atoms with Gasteiger partial charge in [-0.15, -0.1) is 0 Å². The van der Waals surface area contributed by atoms with Crippen LogP contribution in [0.2, 0.25) is 0 Å². The van der Waals surface area contributed by atoms with Crippen LogP contribution in [0.5, 0.6) is 5.75 Å². The maximum atomic E-state index is 11.9. The molecule has 0 radical (unpaired) electrons. The standard InChI is InChI=1S/C19H20O5/c1-13-10-17(24-12-14-6-4-3-5-7-14)16(19-22-8-9-23-19)11-15(13)18(20)21-2/h3-7,10-11,19H,8-9,12H2,1-2H3. The largest absolute Gasteiger partial charge is 0.488 e. The van der Waals surface area contributed by atoms with Crippen molar-refractivity contribution in [2.75, 3.05) is 20.3 Å². The minimum Gasteiger partial charge on any atom is -0.488 e. The fraction of sp³-hybridized carbons (Fsp3) is 0.316. The summed E-state index contributed by atoms with van der Waals surface area (Å²) in [5.41, 5.74) is 3.03. The van der Waals surface area contributed by atoms with Gasteiger partial charge in [-0.05, 0) is 30.2 Å². The molecule has 0 spiro atoms. The van der Waals surface area contributed by atoms with Crippen molar-refractivity contribution in [2.24, 2.45) is 0 Å². The Morgan fingerprint density at radius 1 is 1.17 bits per heavy atom. The Hall–Kier alpha value is -2.37. The molecular formula is C19H20O5. The molecule has 0 N–H and O–H groups in total. The van der Waals surface area contributed by atoms with Gasteiger partial charge in [0.05, 0.1) is 31.5 Å². The third-order valence-electron chi connectivity index (χ3n) is 3.87. The van der Waals surface area contributed by atoms with E-state index >= 15 is 0 Å². The fourth-order valence-electron chi connectivity index (χ4n) is 2.61. The summed E-state index contributed by atoms with van der Waals surface area (Å²) in [6.07, 6.45) is -0.528. The lowest BCUT2D eigenvalue weighted by Gasteiger charge is -2.18. The summed E-state index contributed by atoms with van der Waals surface area (Å²) >= 11 is 0. The van der Waals surface area contributed by atoms with E-state index in [0.29, 0.717) is 36.7 Å². The maximum absolute atomic E-state index is 11.9. The number of carbonyl (C=O) groups excluding carboxylic acids is 1. The number of rotatable bonds is 5. The fourth-order valence-corrected chi connectivity index (χ4v) is 2.61. The molecule has 0 unspecified atom stereocenters. The zero-order chi connectivity index (χ0) is 16.9. The highest BCUT2D eigenvalue weighted by Gasteiger charge is 2.25. The number of methoxy groups -OCH3 is 1. The van der Waals surface area contributed by atoms with Gasteiger partial charge in [0.1, 0.15) is 12.4 Å². The molecule has 1 aliphatic rings. The topological polar surface area (TPSA) is 54.0 Å². The van der Waals surface area contributed by atoms with Crippen molar-refractivity contribution in [3.05, 3.63) is 64.7 Å². The van der Waals surface area contributed by atoms with Gasteiger partial charge in [0.15, 0.2) is 6.29 Å². The summed E-state index contributed by atoms with van der Waals surface area (Å²) in [7, 11) is 1.36. The first-order valence-electron chi connectivity index (χ1n) is 7.82. The second kappa shape index (κ2) is 7.47.